The molecule has 0 atom stereocenters. The summed E-state index contributed by atoms with van der Waals surface area (Å²) in [5.41, 5.74) is 4.06. The number of rotatable bonds is 1. The van der Waals surface area contributed by atoms with Gasteiger partial charge in [0.05, 0.1) is 17.2 Å². The standard InChI is InChI=1S/C10H8N2O/c1-2-7-12-9-6-4-3-5-8(9)11-10(12)13/h3-7H,1H2,(H,11,13). The number of aromatic amines is 1. The first-order valence-electron chi connectivity index (χ1n) is 3.88. The van der Waals surface area contributed by atoms with E-state index < -0.39 is 0 Å². The van der Waals surface area contributed by atoms with Gasteiger partial charge in [0.1, 0.15) is 0 Å². The van der Waals surface area contributed by atoms with Gasteiger partial charge in [-0.25, -0.2) is 4.79 Å². The van der Waals surface area contributed by atoms with Crippen LogP contribution in [-0.4, -0.2) is 9.55 Å². The minimum absolute atomic E-state index is 0.169. The molecule has 13 heavy (non-hydrogen) atoms. The molecule has 2 aromatic rings. The van der Waals surface area contributed by atoms with E-state index in [1.807, 2.05) is 24.3 Å². The molecule has 0 unspecified atom stereocenters. The third-order valence-electron chi connectivity index (χ3n) is 1.84. The molecule has 3 nitrogen and oxygen atoms in total. The van der Waals surface area contributed by atoms with Gasteiger partial charge in [-0.15, -0.1) is 5.73 Å². The third-order valence-corrected chi connectivity index (χ3v) is 1.84. The fourth-order valence-electron chi connectivity index (χ4n) is 1.29. The van der Waals surface area contributed by atoms with E-state index in [0.29, 0.717) is 0 Å². The maximum atomic E-state index is 11.3. The lowest BCUT2D eigenvalue weighted by molar-refractivity contribution is 1.08. The van der Waals surface area contributed by atoms with E-state index in [1.54, 1.807) is 0 Å². The molecule has 0 aliphatic carbocycles. The zero-order valence-electron chi connectivity index (χ0n) is 6.95. The van der Waals surface area contributed by atoms with Crippen LogP contribution in [0, 0.1) is 0 Å². The van der Waals surface area contributed by atoms with Crippen LogP contribution in [0.3, 0.4) is 0 Å². The topological polar surface area (TPSA) is 37.8 Å². The first-order chi connectivity index (χ1) is 6.33. The van der Waals surface area contributed by atoms with Crippen LogP contribution < -0.4 is 5.69 Å². The van der Waals surface area contributed by atoms with Crippen molar-refractivity contribution in [3.05, 3.63) is 47.1 Å². The molecule has 1 aromatic heterocycles. The normalized spacial score (nSPS) is 9.85. The minimum Gasteiger partial charge on any atom is -0.305 e. The molecule has 0 saturated heterocycles. The van der Waals surface area contributed by atoms with E-state index in [0.717, 1.165) is 11.0 Å². The van der Waals surface area contributed by atoms with Crippen molar-refractivity contribution in [1.29, 1.82) is 0 Å². The number of aromatic nitrogens is 2. The number of hydrogen-bond donors (Lipinski definition) is 1. The molecule has 1 N–H and O–H groups in total. The number of benzene rings is 1. The fourth-order valence-corrected chi connectivity index (χ4v) is 1.29. The summed E-state index contributed by atoms with van der Waals surface area (Å²) in [6.07, 6.45) is 1.52. The average Bonchev–Trinajstić information content (AvgIpc) is 2.44. The van der Waals surface area contributed by atoms with E-state index in [-0.39, 0.29) is 5.69 Å². The van der Waals surface area contributed by atoms with Crippen LogP contribution in [0.2, 0.25) is 0 Å². The van der Waals surface area contributed by atoms with Crippen molar-refractivity contribution in [2.75, 3.05) is 0 Å². The van der Waals surface area contributed by atoms with Crippen molar-refractivity contribution in [1.82, 2.24) is 9.55 Å². The van der Waals surface area contributed by atoms with Gasteiger partial charge in [0, 0.05) is 0 Å². The molecule has 0 radical (unpaired) electrons. The largest absolute Gasteiger partial charge is 0.331 e. The SMILES string of the molecule is C=C=Cn1c(=O)[nH]c2ccccc21. The highest BCUT2D eigenvalue weighted by molar-refractivity contribution is 5.76. The fraction of sp³-hybridized carbons (Fsp3) is 0. The monoisotopic (exact) mass is 172 g/mol. The summed E-state index contributed by atoms with van der Waals surface area (Å²) < 4.78 is 1.47. The zero-order valence-corrected chi connectivity index (χ0v) is 6.95. The van der Waals surface area contributed by atoms with Gasteiger partial charge < -0.3 is 4.98 Å². The summed E-state index contributed by atoms with van der Waals surface area (Å²) in [5, 5.41) is 0. The van der Waals surface area contributed by atoms with Crippen LogP contribution in [0.5, 0.6) is 0 Å². The van der Waals surface area contributed by atoms with E-state index >= 15 is 0 Å². The Morgan fingerprint density at radius 3 is 3.00 bits per heavy atom. The second-order valence-corrected chi connectivity index (χ2v) is 2.65. The number of imidazole rings is 1. The number of H-pyrrole nitrogens is 1. The molecule has 0 fully saturated rings. The van der Waals surface area contributed by atoms with Crippen molar-refractivity contribution >= 4 is 17.2 Å². The third kappa shape index (κ3) is 1.11. The Labute approximate surface area is 74.6 Å². The van der Waals surface area contributed by atoms with Crippen molar-refractivity contribution in [3.63, 3.8) is 0 Å². The molecule has 0 spiro atoms. The maximum absolute atomic E-state index is 11.3. The summed E-state index contributed by atoms with van der Waals surface area (Å²) in [4.78, 5) is 14.1. The van der Waals surface area contributed by atoms with E-state index in [9.17, 15) is 4.79 Å². The molecule has 3 heteroatoms. The Morgan fingerprint density at radius 1 is 1.46 bits per heavy atom. The number of nitrogens with zero attached hydrogens (tertiary/aromatic N) is 1. The lowest BCUT2D eigenvalue weighted by Crippen LogP contribution is -2.10. The van der Waals surface area contributed by atoms with Crippen molar-refractivity contribution in [2.45, 2.75) is 0 Å². The minimum atomic E-state index is -0.169. The highest BCUT2D eigenvalue weighted by Crippen LogP contribution is 2.08. The van der Waals surface area contributed by atoms with E-state index in [2.05, 4.69) is 17.3 Å². The molecule has 2 rings (SSSR count). The number of fused-ring (bicyclic) bond motifs is 1. The van der Waals surface area contributed by atoms with E-state index in [1.165, 1.54) is 10.8 Å². The molecule has 1 aromatic carbocycles. The summed E-state index contributed by atoms with van der Waals surface area (Å²) in [7, 11) is 0. The Hall–Kier alpha value is -1.99. The number of para-hydroxylation sites is 2. The lowest BCUT2D eigenvalue weighted by Gasteiger charge is -1.90. The van der Waals surface area contributed by atoms with Gasteiger partial charge >= 0.3 is 5.69 Å². The van der Waals surface area contributed by atoms with Crippen molar-refractivity contribution in [3.8, 4) is 0 Å². The molecule has 0 aliphatic rings. The van der Waals surface area contributed by atoms with Gasteiger partial charge in [0.25, 0.3) is 0 Å². The molecule has 64 valence electrons. The second kappa shape index (κ2) is 2.81. The van der Waals surface area contributed by atoms with Crippen LogP contribution in [0.15, 0.2) is 41.4 Å². The predicted molar refractivity (Wildman–Crippen MR) is 52.5 cm³/mol. The summed E-state index contributed by atoms with van der Waals surface area (Å²) in [5.74, 6) is 0. The molecule has 0 amide bonds. The van der Waals surface area contributed by atoms with Gasteiger partial charge in [-0.3, -0.25) is 4.57 Å². The first kappa shape index (κ1) is 7.65. The molecule has 0 aliphatic heterocycles. The molecule has 0 saturated carbocycles. The molecular formula is C10H8N2O. The molecule has 1 heterocycles. The highest BCUT2D eigenvalue weighted by atomic mass is 16.1. The van der Waals surface area contributed by atoms with Crippen LogP contribution in [0.25, 0.3) is 17.2 Å². The van der Waals surface area contributed by atoms with Crippen LogP contribution in [0.4, 0.5) is 0 Å². The van der Waals surface area contributed by atoms with Gasteiger partial charge in [-0.1, -0.05) is 18.7 Å². The van der Waals surface area contributed by atoms with Gasteiger partial charge in [-0.05, 0) is 12.1 Å². The van der Waals surface area contributed by atoms with Crippen molar-refractivity contribution < 1.29 is 0 Å². The van der Waals surface area contributed by atoms with Crippen molar-refractivity contribution in [2.24, 2.45) is 0 Å². The average molecular weight is 172 g/mol. The molecule has 0 bridgehead atoms. The van der Waals surface area contributed by atoms with E-state index in [4.69, 9.17) is 0 Å². The maximum Gasteiger partial charge on any atom is 0.331 e. The number of nitrogens with one attached hydrogen (secondary N) is 1. The van der Waals surface area contributed by atoms with Gasteiger partial charge in [0.2, 0.25) is 0 Å². The number of hydrogen-bond acceptors (Lipinski definition) is 1. The predicted octanol–water partition coefficient (Wildman–Crippen LogP) is 1.59. The Balaban J connectivity index is 2.94. The first-order valence-corrected chi connectivity index (χ1v) is 3.88. The van der Waals surface area contributed by atoms with Gasteiger partial charge in [0.15, 0.2) is 0 Å². The summed E-state index contributed by atoms with van der Waals surface area (Å²) in [6.45, 7) is 3.43. The highest BCUT2D eigenvalue weighted by Gasteiger charge is 2.01. The van der Waals surface area contributed by atoms with Crippen LogP contribution in [0.1, 0.15) is 0 Å². The Morgan fingerprint density at radius 2 is 2.23 bits per heavy atom. The van der Waals surface area contributed by atoms with Gasteiger partial charge in [-0.2, -0.15) is 0 Å². The molecular weight excluding hydrogens is 164 g/mol. The summed E-state index contributed by atoms with van der Waals surface area (Å²) in [6, 6.07) is 7.47. The van der Waals surface area contributed by atoms with Crippen LogP contribution in [-0.2, 0) is 0 Å². The Bertz CT molecular complexity index is 541. The zero-order chi connectivity index (χ0) is 9.26. The second-order valence-electron chi connectivity index (χ2n) is 2.65. The lowest BCUT2D eigenvalue weighted by atomic mass is 10.3. The Kier molecular flexibility index (Phi) is 1.65. The van der Waals surface area contributed by atoms with Crippen LogP contribution >= 0.6 is 0 Å². The summed E-state index contributed by atoms with van der Waals surface area (Å²) >= 11 is 0. The quantitative estimate of drug-likeness (QED) is 0.651. The smallest absolute Gasteiger partial charge is 0.305 e.